The average Bonchev–Trinajstić information content (AvgIpc) is 2.87. The number of methoxy groups -OCH3 is 1. The largest absolute Gasteiger partial charge is 0.468 e. The van der Waals surface area contributed by atoms with Crippen LogP contribution in [0.15, 0.2) is 41.0 Å². The molecule has 0 aliphatic carbocycles. The Bertz CT molecular complexity index is 483. The fourth-order valence-corrected chi connectivity index (χ4v) is 1.75. The van der Waals surface area contributed by atoms with Crippen LogP contribution in [0.5, 0.6) is 0 Å². The van der Waals surface area contributed by atoms with E-state index < -0.39 is 0 Å². The van der Waals surface area contributed by atoms with Crippen LogP contribution in [0.4, 0.5) is 4.39 Å². The lowest BCUT2D eigenvalue weighted by Gasteiger charge is -2.07. The fourth-order valence-electron chi connectivity index (χ4n) is 1.75. The molecule has 0 aliphatic heterocycles. The molecule has 0 saturated carbocycles. The first-order valence-electron chi connectivity index (χ1n) is 5.79. The molecule has 2 rings (SSSR count). The third kappa shape index (κ3) is 3.42. The molecular weight excluding hydrogens is 233 g/mol. The molecule has 0 unspecified atom stereocenters. The second kappa shape index (κ2) is 6.33. The molecule has 0 amide bonds. The standard InChI is InChI=1S/C14H16FNO2/c1-17-10-12-7-11(4-5-14(12)15)8-16-9-13-3-2-6-18-13/h2-7,16H,8-10H2,1H3. The van der Waals surface area contributed by atoms with Crippen molar-refractivity contribution in [2.45, 2.75) is 19.7 Å². The molecule has 0 aliphatic rings. The highest BCUT2D eigenvalue weighted by Gasteiger charge is 2.03. The second-order valence-electron chi connectivity index (χ2n) is 4.04. The molecule has 3 nitrogen and oxygen atoms in total. The predicted octanol–water partition coefficient (Wildman–Crippen LogP) is 2.85. The number of ether oxygens (including phenoxy) is 1. The summed E-state index contributed by atoms with van der Waals surface area (Å²) in [6.45, 7) is 1.61. The second-order valence-corrected chi connectivity index (χ2v) is 4.04. The molecule has 0 radical (unpaired) electrons. The van der Waals surface area contributed by atoms with Gasteiger partial charge in [0, 0.05) is 19.2 Å². The molecular formula is C14H16FNO2. The van der Waals surface area contributed by atoms with Crippen LogP contribution >= 0.6 is 0 Å². The Labute approximate surface area is 106 Å². The summed E-state index contributed by atoms with van der Waals surface area (Å²) in [7, 11) is 1.56. The van der Waals surface area contributed by atoms with Crippen LogP contribution in [0.2, 0.25) is 0 Å². The molecule has 96 valence electrons. The maximum atomic E-state index is 13.4. The Hall–Kier alpha value is -1.65. The summed E-state index contributed by atoms with van der Waals surface area (Å²) in [5.74, 6) is 0.654. The lowest BCUT2D eigenvalue weighted by molar-refractivity contribution is 0.181. The number of furan rings is 1. The molecule has 1 N–H and O–H groups in total. The first-order chi connectivity index (χ1) is 8.79. The van der Waals surface area contributed by atoms with Crippen LogP contribution in [0, 0.1) is 5.82 Å². The Balaban J connectivity index is 1.90. The zero-order valence-corrected chi connectivity index (χ0v) is 10.3. The molecule has 0 fully saturated rings. The highest BCUT2D eigenvalue weighted by Crippen LogP contribution is 2.12. The molecule has 0 saturated heterocycles. The molecule has 1 aromatic heterocycles. The summed E-state index contributed by atoms with van der Waals surface area (Å²) in [6.07, 6.45) is 1.64. The van der Waals surface area contributed by atoms with Gasteiger partial charge in [-0.05, 0) is 29.8 Å². The summed E-state index contributed by atoms with van der Waals surface area (Å²) >= 11 is 0. The first-order valence-corrected chi connectivity index (χ1v) is 5.79. The molecule has 1 aromatic carbocycles. The molecule has 18 heavy (non-hydrogen) atoms. The van der Waals surface area contributed by atoms with Gasteiger partial charge in [-0.3, -0.25) is 0 Å². The van der Waals surface area contributed by atoms with Gasteiger partial charge >= 0.3 is 0 Å². The van der Waals surface area contributed by atoms with Gasteiger partial charge in [0.2, 0.25) is 0 Å². The SMILES string of the molecule is COCc1cc(CNCc2ccco2)ccc1F. The van der Waals surface area contributed by atoms with E-state index in [4.69, 9.17) is 9.15 Å². The van der Waals surface area contributed by atoms with E-state index >= 15 is 0 Å². The quantitative estimate of drug-likeness (QED) is 0.854. The van der Waals surface area contributed by atoms with Crippen LogP contribution in [0.3, 0.4) is 0 Å². The molecule has 0 spiro atoms. The monoisotopic (exact) mass is 249 g/mol. The van der Waals surface area contributed by atoms with Crippen LogP contribution < -0.4 is 5.32 Å². The Morgan fingerprint density at radius 2 is 2.17 bits per heavy atom. The molecule has 4 heteroatoms. The van der Waals surface area contributed by atoms with Crippen molar-refractivity contribution in [2.24, 2.45) is 0 Å². The van der Waals surface area contributed by atoms with E-state index in [2.05, 4.69) is 5.32 Å². The maximum Gasteiger partial charge on any atom is 0.128 e. The van der Waals surface area contributed by atoms with Crippen LogP contribution in [0.25, 0.3) is 0 Å². The summed E-state index contributed by atoms with van der Waals surface area (Å²) < 4.78 is 23.5. The van der Waals surface area contributed by atoms with Gasteiger partial charge in [0.25, 0.3) is 0 Å². The molecule has 0 atom stereocenters. The topological polar surface area (TPSA) is 34.4 Å². The number of nitrogens with one attached hydrogen (secondary N) is 1. The Morgan fingerprint density at radius 1 is 1.28 bits per heavy atom. The average molecular weight is 249 g/mol. The van der Waals surface area contributed by atoms with Crippen molar-refractivity contribution in [1.29, 1.82) is 0 Å². The fraction of sp³-hybridized carbons (Fsp3) is 0.286. The van der Waals surface area contributed by atoms with E-state index in [0.717, 1.165) is 11.3 Å². The maximum absolute atomic E-state index is 13.4. The van der Waals surface area contributed by atoms with Crippen molar-refractivity contribution >= 4 is 0 Å². The van der Waals surface area contributed by atoms with Crippen molar-refractivity contribution in [3.63, 3.8) is 0 Å². The minimum absolute atomic E-state index is 0.230. The minimum Gasteiger partial charge on any atom is -0.468 e. The number of halogens is 1. The third-order valence-corrected chi connectivity index (χ3v) is 2.62. The van der Waals surface area contributed by atoms with Gasteiger partial charge < -0.3 is 14.5 Å². The van der Waals surface area contributed by atoms with E-state index in [1.807, 2.05) is 18.2 Å². The third-order valence-electron chi connectivity index (χ3n) is 2.62. The minimum atomic E-state index is -0.230. The van der Waals surface area contributed by atoms with Crippen LogP contribution in [-0.2, 0) is 24.4 Å². The van der Waals surface area contributed by atoms with Gasteiger partial charge in [-0.25, -0.2) is 4.39 Å². The van der Waals surface area contributed by atoms with Gasteiger partial charge in [0.15, 0.2) is 0 Å². The van der Waals surface area contributed by atoms with Gasteiger partial charge in [0.1, 0.15) is 11.6 Å². The predicted molar refractivity (Wildman–Crippen MR) is 66.4 cm³/mol. The molecule has 2 aromatic rings. The van der Waals surface area contributed by atoms with Gasteiger partial charge in [0.05, 0.1) is 19.4 Å². The normalized spacial score (nSPS) is 10.8. The number of hydrogen-bond acceptors (Lipinski definition) is 3. The van der Waals surface area contributed by atoms with Crippen molar-refractivity contribution in [2.75, 3.05) is 7.11 Å². The number of hydrogen-bond donors (Lipinski definition) is 1. The first kappa shape index (κ1) is 12.8. The van der Waals surface area contributed by atoms with Crippen molar-refractivity contribution in [3.8, 4) is 0 Å². The molecule has 1 heterocycles. The number of benzene rings is 1. The smallest absolute Gasteiger partial charge is 0.128 e. The zero-order valence-electron chi connectivity index (χ0n) is 10.3. The summed E-state index contributed by atoms with van der Waals surface area (Å²) in [5.41, 5.74) is 1.60. The van der Waals surface area contributed by atoms with E-state index in [-0.39, 0.29) is 12.4 Å². The van der Waals surface area contributed by atoms with Gasteiger partial charge in [-0.1, -0.05) is 6.07 Å². The zero-order chi connectivity index (χ0) is 12.8. The van der Waals surface area contributed by atoms with Crippen LogP contribution in [0.1, 0.15) is 16.9 Å². The lowest BCUT2D eigenvalue weighted by Crippen LogP contribution is -2.12. The Morgan fingerprint density at radius 3 is 2.89 bits per heavy atom. The van der Waals surface area contributed by atoms with Crippen molar-refractivity contribution < 1.29 is 13.5 Å². The summed E-state index contributed by atoms with van der Waals surface area (Å²) in [6, 6.07) is 8.81. The van der Waals surface area contributed by atoms with Gasteiger partial charge in [-0.2, -0.15) is 0 Å². The van der Waals surface area contributed by atoms with E-state index in [9.17, 15) is 4.39 Å². The van der Waals surface area contributed by atoms with E-state index in [1.54, 1.807) is 19.4 Å². The van der Waals surface area contributed by atoms with Crippen molar-refractivity contribution in [3.05, 3.63) is 59.3 Å². The van der Waals surface area contributed by atoms with Gasteiger partial charge in [-0.15, -0.1) is 0 Å². The summed E-state index contributed by atoms with van der Waals surface area (Å²) in [4.78, 5) is 0. The summed E-state index contributed by atoms with van der Waals surface area (Å²) in [5, 5.41) is 3.24. The molecule has 0 bridgehead atoms. The van der Waals surface area contributed by atoms with Crippen LogP contribution in [-0.4, -0.2) is 7.11 Å². The van der Waals surface area contributed by atoms with Crippen molar-refractivity contribution in [1.82, 2.24) is 5.32 Å². The highest BCUT2D eigenvalue weighted by molar-refractivity contribution is 5.24. The number of rotatable bonds is 6. The highest BCUT2D eigenvalue weighted by atomic mass is 19.1. The Kier molecular flexibility index (Phi) is 4.50. The lowest BCUT2D eigenvalue weighted by atomic mass is 10.1. The van der Waals surface area contributed by atoms with E-state index in [1.165, 1.54) is 6.07 Å². The van der Waals surface area contributed by atoms with E-state index in [0.29, 0.717) is 18.7 Å².